The highest BCUT2D eigenvalue weighted by Gasteiger charge is 2.24. The summed E-state index contributed by atoms with van der Waals surface area (Å²) < 4.78 is 56.4. The van der Waals surface area contributed by atoms with Crippen LogP contribution in [0, 0.1) is 23.4 Å². The summed E-state index contributed by atoms with van der Waals surface area (Å²) in [7, 11) is 0. The van der Waals surface area contributed by atoms with Gasteiger partial charge >= 0.3 is 0 Å². The number of rotatable bonds is 9. The van der Waals surface area contributed by atoms with Crippen LogP contribution in [0.15, 0.2) is 36.4 Å². The van der Waals surface area contributed by atoms with Crippen molar-refractivity contribution in [1.29, 1.82) is 0 Å². The quantitative estimate of drug-likeness (QED) is 0.227. The van der Waals surface area contributed by atoms with Crippen LogP contribution in [-0.2, 0) is 20.6 Å². The maximum atomic E-state index is 13.4. The van der Waals surface area contributed by atoms with Crippen molar-refractivity contribution in [3.63, 3.8) is 0 Å². The highest BCUT2D eigenvalue weighted by Crippen LogP contribution is 2.30. The molecule has 1 unspecified atom stereocenters. The Morgan fingerprint density at radius 3 is 2.20 bits per heavy atom. The Labute approximate surface area is 175 Å². The molecule has 1 atom stereocenters. The van der Waals surface area contributed by atoms with E-state index in [1.807, 2.05) is 24.3 Å². The Morgan fingerprint density at radius 2 is 1.57 bits per heavy atom. The second kappa shape index (κ2) is 9.94. The lowest BCUT2D eigenvalue weighted by Crippen LogP contribution is -2.23. The Kier molecular flexibility index (Phi) is 7.08. The third-order valence-corrected chi connectivity index (χ3v) is 6.00. The Morgan fingerprint density at radius 1 is 0.900 bits per heavy atom. The molecule has 0 amide bonds. The van der Waals surface area contributed by atoms with Crippen LogP contribution >= 0.6 is 0 Å². The number of hydrogen-bond donors (Lipinski definition) is 0. The van der Waals surface area contributed by atoms with Gasteiger partial charge in [0, 0.05) is 0 Å². The summed E-state index contributed by atoms with van der Waals surface area (Å²) in [6, 6.07) is 9.67. The fraction of sp³-hybridized carbons (Fsp3) is 0.500. The van der Waals surface area contributed by atoms with Gasteiger partial charge in [-0.25, -0.2) is 13.2 Å². The molecule has 1 saturated heterocycles. The number of benzene rings is 2. The summed E-state index contributed by atoms with van der Waals surface area (Å²) in [5.41, 5.74) is 2.20. The van der Waals surface area contributed by atoms with Gasteiger partial charge in [0.1, 0.15) is 12.9 Å². The zero-order chi connectivity index (χ0) is 20.9. The summed E-state index contributed by atoms with van der Waals surface area (Å²) >= 11 is 0. The van der Waals surface area contributed by atoms with E-state index in [0.717, 1.165) is 57.3 Å². The molecular weight excluding hydrogens is 393 g/mol. The van der Waals surface area contributed by atoms with Gasteiger partial charge in [-0.2, -0.15) is 0 Å². The van der Waals surface area contributed by atoms with Gasteiger partial charge in [-0.15, -0.1) is 0 Å². The normalized spacial score (nSPS) is 23.5. The van der Waals surface area contributed by atoms with Gasteiger partial charge in [-0.3, -0.25) is 0 Å². The molecule has 0 radical (unpaired) electrons. The maximum Gasteiger partial charge on any atom is 0.194 e. The van der Waals surface area contributed by atoms with Crippen LogP contribution < -0.4 is 0 Å². The summed E-state index contributed by atoms with van der Waals surface area (Å²) in [5, 5.41) is 0. The van der Waals surface area contributed by atoms with E-state index in [4.69, 9.17) is 14.2 Å². The molecular formula is C24H27F3O3. The lowest BCUT2D eigenvalue weighted by atomic mass is 9.83. The molecule has 6 heteroatoms. The van der Waals surface area contributed by atoms with Crippen molar-refractivity contribution in [2.45, 2.75) is 50.7 Å². The molecule has 30 heavy (non-hydrogen) atoms. The van der Waals surface area contributed by atoms with Crippen LogP contribution in [-0.4, -0.2) is 32.2 Å². The average Bonchev–Trinajstić information content (AvgIpc) is 3.59. The summed E-state index contributed by atoms with van der Waals surface area (Å²) in [4.78, 5) is 0. The van der Waals surface area contributed by atoms with Crippen LogP contribution in [0.4, 0.5) is 13.2 Å². The van der Waals surface area contributed by atoms with Crippen LogP contribution in [0.2, 0.25) is 0 Å². The van der Waals surface area contributed by atoms with E-state index in [0.29, 0.717) is 30.4 Å². The first-order chi connectivity index (χ1) is 14.6. The fourth-order valence-electron chi connectivity index (χ4n) is 4.03. The molecule has 0 bridgehead atoms. The van der Waals surface area contributed by atoms with Crippen molar-refractivity contribution in [3.8, 4) is 11.1 Å². The van der Waals surface area contributed by atoms with Gasteiger partial charge in [0.05, 0.1) is 19.3 Å². The average molecular weight is 420 g/mol. The highest BCUT2D eigenvalue weighted by molar-refractivity contribution is 5.63. The highest BCUT2D eigenvalue weighted by atomic mass is 19.2. The van der Waals surface area contributed by atoms with E-state index in [1.165, 1.54) is 5.56 Å². The smallest absolute Gasteiger partial charge is 0.194 e. The Bertz CT molecular complexity index is 805. The van der Waals surface area contributed by atoms with Crippen molar-refractivity contribution in [2.24, 2.45) is 5.92 Å². The van der Waals surface area contributed by atoms with Gasteiger partial charge in [-0.05, 0) is 73.3 Å². The van der Waals surface area contributed by atoms with E-state index in [-0.39, 0.29) is 12.2 Å². The van der Waals surface area contributed by atoms with E-state index in [2.05, 4.69) is 0 Å². The largest absolute Gasteiger partial charge is 0.371 e. The number of ether oxygens (including phenoxy) is 3. The lowest BCUT2D eigenvalue weighted by Gasteiger charge is -2.28. The van der Waals surface area contributed by atoms with Gasteiger partial charge in [0.15, 0.2) is 17.5 Å². The van der Waals surface area contributed by atoms with Gasteiger partial charge < -0.3 is 14.2 Å². The molecule has 2 aromatic carbocycles. The minimum atomic E-state index is -1.43. The number of hydrogen-bond acceptors (Lipinski definition) is 3. The van der Waals surface area contributed by atoms with Gasteiger partial charge in [-0.1, -0.05) is 24.3 Å². The van der Waals surface area contributed by atoms with Gasteiger partial charge in [0.2, 0.25) is 0 Å². The van der Waals surface area contributed by atoms with E-state index in [1.54, 1.807) is 0 Å². The predicted molar refractivity (Wildman–Crippen MR) is 107 cm³/mol. The number of aryl methyl sites for hydroxylation is 1. The molecule has 1 saturated carbocycles. The monoisotopic (exact) mass is 420 g/mol. The molecule has 0 aromatic heterocycles. The Hall–Kier alpha value is -1.89. The number of halogens is 3. The first-order valence-electron chi connectivity index (χ1n) is 10.6. The van der Waals surface area contributed by atoms with Crippen LogP contribution in [0.5, 0.6) is 0 Å². The molecule has 4 rings (SSSR count). The van der Waals surface area contributed by atoms with Gasteiger partial charge in [0.25, 0.3) is 0 Å². The Balaban J connectivity index is 1.19. The summed E-state index contributed by atoms with van der Waals surface area (Å²) in [6.07, 6.45) is 7.08. The second-order valence-electron chi connectivity index (χ2n) is 8.24. The minimum absolute atomic E-state index is 0.274. The van der Waals surface area contributed by atoms with E-state index >= 15 is 0 Å². The SMILES string of the molecule is Fc1cc(-c2ccc(CCC3CCC(OCOCC4CO4)CC3)cc2)cc(F)c1F. The third kappa shape index (κ3) is 5.84. The molecule has 1 aliphatic carbocycles. The molecule has 162 valence electrons. The maximum absolute atomic E-state index is 13.4. The first kappa shape index (κ1) is 21.3. The molecule has 2 fully saturated rings. The van der Waals surface area contributed by atoms with Crippen LogP contribution in [0.3, 0.4) is 0 Å². The van der Waals surface area contributed by atoms with Crippen molar-refractivity contribution < 1.29 is 27.4 Å². The fourth-order valence-corrected chi connectivity index (χ4v) is 4.03. The standard InChI is InChI=1S/C24H27F3O3/c25-22-11-19(12-23(26)24(22)27)18-7-3-16(4-8-18)1-2-17-5-9-20(10-6-17)30-15-28-13-21-14-29-21/h3-4,7-8,11-12,17,20-21H,1-2,5-6,9-10,13-15H2. The van der Waals surface area contributed by atoms with E-state index in [9.17, 15) is 13.2 Å². The van der Waals surface area contributed by atoms with Crippen molar-refractivity contribution >= 4 is 0 Å². The van der Waals surface area contributed by atoms with E-state index < -0.39 is 17.5 Å². The molecule has 0 N–H and O–H groups in total. The number of epoxide rings is 1. The molecule has 2 aliphatic rings. The molecule has 1 aliphatic heterocycles. The topological polar surface area (TPSA) is 31.0 Å². The molecule has 2 aromatic rings. The predicted octanol–water partition coefficient (Wildman–Crippen LogP) is 5.65. The lowest BCUT2D eigenvalue weighted by molar-refractivity contribution is -0.104. The molecule has 0 spiro atoms. The molecule has 3 nitrogen and oxygen atoms in total. The van der Waals surface area contributed by atoms with Crippen molar-refractivity contribution in [1.82, 2.24) is 0 Å². The van der Waals surface area contributed by atoms with Crippen molar-refractivity contribution in [2.75, 3.05) is 20.0 Å². The minimum Gasteiger partial charge on any atom is -0.371 e. The van der Waals surface area contributed by atoms with Crippen molar-refractivity contribution in [3.05, 3.63) is 59.4 Å². The zero-order valence-corrected chi connectivity index (χ0v) is 16.9. The third-order valence-electron chi connectivity index (χ3n) is 6.00. The van der Waals surface area contributed by atoms with Crippen LogP contribution in [0.1, 0.15) is 37.7 Å². The summed E-state index contributed by atoms with van der Waals surface area (Å²) in [6.45, 7) is 1.78. The second-order valence-corrected chi connectivity index (χ2v) is 8.24. The van der Waals surface area contributed by atoms with Crippen LogP contribution in [0.25, 0.3) is 11.1 Å². The molecule has 1 heterocycles. The summed E-state index contributed by atoms with van der Waals surface area (Å²) in [5.74, 6) is -3.09. The zero-order valence-electron chi connectivity index (χ0n) is 16.9. The first-order valence-corrected chi connectivity index (χ1v) is 10.6.